The molecule has 3 unspecified atom stereocenters. The molecule has 30 heavy (non-hydrogen) atoms. The van der Waals surface area contributed by atoms with Gasteiger partial charge >= 0.3 is 6.09 Å². The van der Waals surface area contributed by atoms with E-state index in [0.717, 1.165) is 24.2 Å². The van der Waals surface area contributed by atoms with E-state index in [1.807, 2.05) is 70.2 Å². The SMILES string of the molecule is CC(CO)OC1C=C(OCc2ccccc2)C=CC1CCCNC(=O)OC(C)(C)C. The van der Waals surface area contributed by atoms with Crippen LogP contribution in [0.2, 0.25) is 0 Å². The van der Waals surface area contributed by atoms with E-state index in [4.69, 9.17) is 14.2 Å². The Bertz CT molecular complexity index is 708. The molecule has 0 spiro atoms. The first-order valence-corrected chi connectivity index (χ1v) is 10.6. The minimum absolute atomic E-state index is 0.0405. The smallest absolute Gasteiger partial charge is 0.407 e. The molecular formula is C24H35NO5. The largest absolute Gasteiger partial charge is 0.489 e. The van der Waals surface area contributed by atoms with E-state index in [-0.39, 0.29) is 24.7 Å². The van der Waals surface area contributed by atoms with Crippen molar-refractivity contribution in [1.82, 2.24) is 5.32 Å². The molecule has 0 fully saturated rings. The fourth-order valence-corrected chi connectivity index (χ4v) is 3.06. The Morgan fingerprint density at radius 1 is 1.23 bits per heavy atom. The molecule has 166 valence electrons. The maximum Gasteiger partial charge on any atom is 0.407 e. The number of hydrogen-bond donors (Lipinski definition) is 2. The van der Waals surface area contributed by atoms with Gasteiger partial charge in [0.15, 0.2) is 0 Å². The van der Waals surface area contributed by atoms with Crippen LogP contribution in [0.4, 0.5) is 4.79 Å². The zero-order valence-corrected chi connectivity index (χ0v) is 18.5. The Morgan fingerprint density at radius 2 is 1.97 bits per heavy atom. The van der Waals surface area contributed by atoms with Gasteiger partial charge in [-0.25, -0.2) is 4.79 Å². The summed E-state index contributed by atoms with van der Waals surface area (Å²) in [6.45, 7) is 8.35. The average Bonchev–Trinajstić information content (AvgIpc) is 2.70. The second-order valence-electron chi connectivity index (χ2n) is 8.53. The van der Waals surface area contributed by atoms with Crippen molar-refractivity contribution in [2.75, 3.05) is 13.2 Å². The number of aliphatic hydroxyl groups is 1. The molecule has 1 aromatic carbocycles. The lowest BCUT2D eigenvalue weighted by atomic mass is 9.92. The van der Waals surface area contributed by atoms with Crippen LogP contribution in [-0.2, 0) is 20.8 Å². The number of hydrogen-bond acceptors (Lipinski definition) is 5. The molecule has 1 amide bonds. The lowest BCUT2D eigenvalue weighted by Gasteiger charge is -2.28. The van der Waals surface area contributed by atoms with Gasteiger partial charge in [0, 0.05) is 12.5 Å². The summed E-state index contributed by atoms with van der Waals surface area (Å²) in [6.07, 6.45) is 6.79. The number of aliphatic hydroxyl groups excluding tert-OH is 1. The highest BCUT2D eigenvalue weighted by Crippen LogP contribution is 2.26. The topological polar surface area (TPSA) is 77.0 Å². The maximum absolute atomic E-state index is 11.8. The normalized spacial score (nSPS) is 19.7. The molecule has 3 atom stereocenters. The highest BCUT2D eigenvalue weighted by molar-refractivity contribution is 5.67. The maximum atomic E-state index is 11.8. The molecule has 0 aliphatic heterocycles. The molecule has 0 aromatic heterocycles. The summed E-state index contributed by atoms with van der Waals surface area (Å²) >= 11 is 0. The average molecular weight is 418 g/mol. The highest BCUT2D eigenvalue weighted by Gasteiger charge is 2.24. The number of amides is 1. The third-order valence-corrected chi connectivity index (χ3v) is 4.54. The second-order valence-corrected chi connectivity index (χ2v) is 8.53. The molecule has 0 radical (unpaired) electrons. The first kappa shape index (κ1) is 24.0. The van der Waals surface area contributed by atoms with Crippen molar-refractivity contribution >= 4 is 6.09 Å². The van der Waals surface area contributed by atoms with Gasteiger partial charge in [-0.3, -0.25) is 0 Å². The molecule has 0 saturated heterocycles. The van der Waals surface area contributed by atoms with Crippen LogP contribution in [0.1, 0.15) is 46.1 Å². The van der Waals surface area contributed by atoms with Crippen LogP contribution >= 0.6 is 0 Å². The first-order valence-electron chi connectivity index (χ1n) is 10.6. The van der Waals surface area contributed by atoms with Crippen LogP contribution in [0.3, 0.4) is 0 Å². The van der Waals surface area contributed by atoms with Gasteiger partial charge in [-0.1, -0.05) is 36.4 Å². The van der Waals surface area contributed by atoms with Gasteiger partial charge in [-0.05, 0) is 58.3 Å². The lowest BCUT2D eigenvalue weighted by Crippen LogP contribution is -2.33. The summed E-state index contributed by atoms with van der Waals surface area (Å²) < 4.78 is 17.2. The first-order chi connectivity index (χ1) is 14.3. The summed E-state index contributed by atoms with van der Waals surface area (Å²) in [5, 5.41) is 12.2. The number of nitrogens with one attached hydrogen (secondary N) is 1. The highest BCUT2D eigenvalue weighted by atomic mass is 16.6. The van der Waals surface area contributed by atoms with Crippen molar-refractivity contribution < 1.29 is 24.1 Å². The fourth-order valence-electron chi connectivity index (χ4n) is 3.06. The monoisotopic (exact) mass is 417 g/mol. The molecule has 0 bridgehead atoms. The number of carbonyl (C=O) groups excluding carboxylic acids is 1. The Hall–Kier alpha value is -2.31. The van der Waals surface area contributed by atoms with Gasteiger partial charge in [0.2, 0.25) is 0 Å². The van der Waals surface area contributed by atoms with E-state index >= 15 is 0 Å². The van der Waals surface area contributed by atoms with E-state index < -0.39 is 11.7 Å². The third kappa shape index (κ3) is 9.01. The van der Waals surface area contributed by atoms with Crippen molar-refractivity contribution in [3.8, 4) is 0 Å². The Labute approximate surface area is 179 Å². The molecule has 1 aliphatic carbocycles. The molecule has 0 heterocycles. The van der Waals surface area contributed by atoms with E-state index in [1.54, 1.807) is 0 Å². The predicted molar refractivity (Wildman–Crippen MR) is 117 cm³/mol. The van der Waals surface area contributed by atoms with Crippen molar-refractivity contribution in [3.05, 3.63) is 59.9 Å². The summed E-state index contributed by atoms with van der Waals surface area (Å²) in [7, 11) is 0. The zero-order valence-electron chi connectivity index (χ0n) is 18.5. The van der Waals surface area contributed by atoms with Crippen molar-refractivity contribution in [2.24, 2.45) is 5.92 Å². The molecule has 6 heteroatoms. The van der Waals surface area contributed by atoms with E-state index in [2.05, 4.69) is 11.4 Å². The summed E-state index contributed by atoms with van der Waals surface area (Å²) in [4.78, 5) is 11.8. The van der Waals surface area contributed by atoms with E-state index in [1.165, 1.54) is 0 Å². The van der Waals surface area contributed by atoms with Crippen LogP contribution in [0, 0.1) is 5.92 Å². The Balaban J connectivity index is 1.86. The van der Waals surface area contributed by atoms with Crippen molar-refractivity contribution in [3.63, 3.8) is 0 Å². The fraction of sp³-hybridized carbons (Fsp3) is 0.542. The van der Waals surface area contributed by atoms with Crippen molar-refractivity contribution in [1.29, 1.82) is 0 Å². The molecule has 1 aliphatic rings. The molecule has 2 rings (SSSR count). The van der Waals surface area contributed by atoms with Gasteiger partial charge in [0.1, 0.15) is 18.0 Å². The van der Waals surface area contributed by atoms with Gasteiger partial charge in [0.05, 0.1) is 18.8 Å². The van der Waals surface area contributed by atoms with Crippen LogP contribution < -0.4 is 5.32 Å². The zero-order chi connectivity index (χ0) is 22.0. The van der Waals surface area contributed by atoms with Crippen LogP contribution in [0.15, 0.2) is 54.3 Å². The van der Waals surface area contributed by atoms with Gasteiger partial charge < -0.3 is 24.6 Å². The third-order valence-electron chi connectivity index (χ3n) is 4.54. The Kier molecular flexibility index (Phi) is 9.40. The van der Waals surface area contributed by atoms with E-state index in [9.17, 15) is 9.90 Å². The van der Waals surface area contributed by atoms with Gasteiger partial charge in [-0.2, -0.15) is 0 Å². The second kappa shape index (κ2) is 11.8. The molecule has 1 aromatic rings. The van der Waals surface area contributed by atoms with Gasteiger partial charge in [-0.15, -0.1) is 0 Å². The summed E-state index contributed by atoms with van der Waals surface area (Å²) in [5.41, 5.74) is 0.597. The number of ether oxygens (including phenoxy) is 3. The molecule has 2 N–H and O–H groups in total. The van der Waals surface area contributed by atoms with Crippen LogP contribution in [0.5, 0.6) is 0 Å². The minimum atomic E-state index is -0.503. The van der Waals surface area contributed by atoms with Crippen LogP contribution in [-0.4, -0.2) is 42.2 Å². The number of benzene rings is 1. The number of alkyl carbamates (subject to hydrolysis) is 1. The quantitative estimate of drug-likeness (QED) is 0.554. The van der Waals surface area contributed by atoms with Gasteiger partial charge in [0.25, 0.3) is 0 Å². The minimum Gasteiger partial charge on any atom is -0.489 e. The predicted octanol–water partition coefficient (Wildman–Crippen LogP) is 4.34. The molecule has 6 nitrogen and oxygen atoms in total. The number of allylic oxidation sites excluding steroid dienone is 1. The van der Waals surface area contributed by atoms with Crippen LogP contribution in [0.25, 0.3) is 0 Å². The summed E-state index contributed by atoms with van der Waals surface area (Å²) in [5.74, 6) is 0.903. The Morgan fingerprint density at radius 3 is 2.63 bits per heavy atom. The lowest BCUT2D eigenvalue weighted by molar-refractivity contribution is -0.0284. The number of carbonyl (C=O) groups is 1. The van der Waals surface area contributed by atoms with Crippen molar-refractivity contribution in [2.45, 2.75) is 65.0 Å². The van der Waals surface area contributed by atoms with E-state index in [0.29, 0.717) is 13.2 Å². The molecular weight excluding hydrogens is 382 g/mol. The number of rotatable bonds is 10. The standard InChI is InChI=1S/C24H35NO5/c1-18(16-26)29-22-15-21(28-17-19-9-6-5-7-10-19)13-12-20(22)11-8-14-25-23(27)30-24(2,3)4/h5-7,9-10,12-13,15,18,20,22,26H,8,11,14,16-17H2,1-4H3,(H,25,27). The molecule has 0 saturated carbocycles. The summed E-state index contributed by atoms with van der Waals surface area (Å²) in [6, 6.07) is 10.00.